The van der Waals surface area contributed by atoms with Crippen LogP contribution < -0.4 is 0 Å². The molecule has 0 amide bonds. The number of benzene rings is 1. The summed E-state index contributed by atoms with van der Waals surface area (Å²) in [7, 11) is 1.35. The lowest BCUT2D eigenvalue weighted by Gasteiger charge is -2.31. The molecule has 1 aliphatic rings. The Morgan fingerprint density at radius 1 is 1.16 bits per heavy atom. The van der Waals surface area contributed by atoms with Crippen LogP contribution in [0.15, 0.2) is 45.5 Å². The van der Waals surface area contributed by atoms with Gasteiger partial charge in [-0.05, 0) is 57.8 Å². The molecule has 0 bridgehead atoms. The molecular weight excluding hydrogens is 412 g/mol. The molecule has 31 heavy (non-hydrogen) atoms. The summed E-state index contributed by atoms with van der Waals surface area (Å²) < 4.78 is 10.6. The Bertz CT molecular complexity index is 916. The zero-order chi connectivity index (χ0) is 22.8. The summed E-state index contributed by atoms with van der Waals surface area (Å²) in [6, 6.07) is 7.82. The summed E-state index contributed by atoms with van der Waals surface area (Å²) in [5, 5.41) is 2.36. The Morgan fingerprint density at radius 3 is 2.58 bits per heavy atom. The van der Waals surface area contributed by atoms with Gasteiger partial charge >= 0.3 is 11.9 Å². The zero-order valence-corrected chi connectivity index (χ0v) is 19.5. The summed E-state index contributed by atoms with van der Waals surface area (Å²) >= 11 is 4.55. The summed E-state index contributed by atoms with van der Waals surface area (Å²) in [5.74, 6) is -2.01. The Balaban J connectivity index is 2.19. The number of thiocarbonyl (C=S) groups is 1. The van der Waals surface area contributed by atoms with Crippen molar-refractivity contribution < 1.29 is 19.1 Å². The van der Waals surface area contributed by atoms with E-state index >= 15 is 0 Å². The van der Waals surface area contributed by atoms with Crippen LogP contribution in [0.1, 0.15) is 56.6 Å². The predicted octanol–water partition coefficient (Wildman–Crippen LogP) is 4.82. The number of methoxy groups -OCH3 is 1. The maximum Gasteiger partial charge on any atom is 0.336 e. The number of isothiocyanates is 1. The molecular formula is C24H30N2O4S. The first kappa shape index (κ1) is 24.6. The molecule has 1 aliphatic heterocycles. The summed E-state index contributed by atoms with van der Waals surface area (Å²) in [4.78, 5) is 34.1. The van der Waals surface area contributed by atoms with Crippen LogP contribution in [0.25, 0.3) is 0 Å². The second-order valence-corrected chi connectivity index (χ2v) is 7.85. The predicted molar refractivity (Wildman–Crippen MR) is 125 cm³/mol. The normalized spacial score (nSPS) is 18.1. The highest BCUT2D eigenvalue weighted by Gasteiger charge is 2.42. The third-order valence-electron chi connectivity index (χ3n) is 5.37. The van der Waals surface area contributed by atoms with E-state index in [4.69, 9.17) is 9.47 Å². The average Bonchev–Trinajstić information content (AvgIpc) is 2.74. The standard InChI is InChI=1S/C24H30N2O4S/c1-16-10-9-11-19(14-16)22-20(23(27)29-4)17(2)26-18(3)21(22)24(28)30-13-8-6-5-7-12-25-15-31/h9-11,14,20,22H,5-8,12-13H2,1-4H3. The summed E-state index contributed by atoms with van der Waals surface area (Å²) in [6.45, 7) is 6.56. The quantitative estimate of drug-likeness (QED) is 0.225. The van der Waals surface area contributed by atoms with Gasteiger partial charge in [-0.3, -0.25) is 9.79 Å². The largest absolute Gasteiger partial charge is 0.468 e. The van der Waals surface area contributed by atoms with E-state index in [9.17, 15) is 9.59 Å². The van der Waals surface area contributed by atoms with Crippen LogP contribution in [-0.4, -0.2) is 43.1 Å². The van der Waals surface area contributed by atoms with Gasteiger partial charge in [0.15, 0.2) is 0 Å². The van der Waals surface area contributed by atoms with Gasteiger partial charge in [-0.25, -0.2) is 9.79 Å². The van der Waals surface area contributed by atoms with Crippen LogP contribution in [0.4, 0.5) is 0 Å². The first-order valence-electron chi connectivity index (χ1n) is 10.5. The SMILES string of the molecule is COC(=O)C1C(C)=NC(C)=C(C(=O)OCCCCCCN=C=S)C1c1cccc(C)c1. The molecule has 2 rings (SSSR count). The van der Waals surface area contributed by atoms with Crippen LogP contribution in [0, 0.1) is 12.8 Å². The number of aliphatic imine (C=N–C) groups is 2. The molecule has 1 aromatic rings. The number of hydrogen-bond acceptors (Lipinski definition) is 7. The van der Waals surface area contributed by atoms with Gasteiger partial charge in [0.2, 0.25) is 0 Å². The Hall–Kier alpha value is -2.63. The minimum Gasteiger partial charge on any atom is -0.468 e. The molecule has 0 N–H and O–H groups in total. The lowest BCUT2D eigenvalue weighted by atomic mass is 9.75. The maximum absolute atomic E-state index is 13.1. The summed E-state index contributed by atoms with van der Waals surface area (Å²) in [6.07, 6.45) is 3.62. The average molecular weight is 443 g/mol. The minimum atomic E-state index is -0.667. The number of aryl methyl sites for hydroxylation is 1. The number of rotatable bonds is 10. The minimum absolute atomic E-state index is 0.318. The van der Waals surface area contributed by atoms with Crippen molar-refractivity contribution in [3.63, 3.8) is 0 Å². The van der Waals surface area contributed by atoms with Crippen molar-refractivity contribution in [1.29, 1.82) is 0 Å². The monoisotopic (exact) mass is 442 g/mol. The van der Waals surface area contributed by atoms with Gasteiger partial charge in [0.05, 0.1) is 24.5 Å². The zero-order valence-electron chi connectivity index (χ0n) is 18.6. The third kappa shape index (κ3) is 6.68. The molecule has 2 unspecified atom stereocenters. The van der Waals surface area contributed by atoms with Crippen molar-refractivity contribution in [2.45, 2.75) is 52.4 Å². The molecule has 0 saturated carbocycles. The maximum atomic E-state index is 13.1. The highest BCUT2D eigenvalue weighted by Crippen LogP contribution is 2.40. The van der Waals surface area contributed by atoms with E-state index < -0.39 is 23.8 Å². The molecule has 0 spiro atoms. The molecule has 2 atom stereocenters. The van der Waals surface area contributed by atoms with Crippen LogP contribution in [0.3, 0.4) is 0 Å². The first-order chi connectivity index (χ1) is 14.9. The lowest BCUT2D eigenvalue weighted by molar-refractivity contribution is -0.144. The van der Waals surface area contributed by atoms with E-state index in [1.54, 1.807) is 13.8 Å². The number of ether oxygens (including phenoxy) is 2. The second kappa shape index (κ2) is 12.3. The van der Waals surface area contributed by atoms with E-state index in [2.05, 4.69) is 27.4 Å². The van der Waals surface area contributed by atoms with Gasteiger partial charge in [0.1, 0.15) is 5.92 Å². The van der Waals surface area contributed by atoms with E-state index in [1.165, 1.54) is 7.11 Å². The van der Waals surface area contributed by atoms with Crippen molar-refractivity contribution in [3.8, 4) is 0 Å². The molecule has 0 fully saturated rings. The highest BCUT2D eigenvalue weighted by atomic mass is 32.1. The number of carbonyl (C=O) groups is 2. The van der Waals surface area contributed by atoms with Crippen molar-refractivity contribution in [1.82, 2.24) is 0 Å². The van der Waals surface area contributed by atoms with E-state index in [0.717, 1.165) is 36.8 Å². The van der Waals surface area contributed by atoms with Crippen molar-refractivity contribution in [2.24, 2.45) is 15.9 Å². The molecule has 1 heterocycles. The number of allylic oxidation sites excluding steroid dienone is 1. The smallest absolute Gasteiger partial charge is 0.336 e. The number of unbranched alkanes of at least 4 members (excludes halogenated alkanes) is 3. The van der Waals surface area contributed by atoms with Crippen molar-refractivity contribution >= 4 is 35.0 Å². The number of esters is 2. The summed E-state index contributed by atoms with van der Waals surface area (Å²) in [5.41, 5.74) is 3.54. The van der Waals surface area contributed by atoms with E-state index in [1.807, 2.05) is 31.2 Å². The third-order valence-corrected chi connectivity index (χ3v) is 5.50. The van der Waals surface area contributed by atoms with Gasteiger partial charge in [0.25, 0.3) is 0 Å². The fourth-order valence-corrected chi connectivity index (χ4v) is 3.98. The molecule has 0 aliphatic carbocycles. The van der Waals surface area contributed by atoms with Crippen molar-refractivity contribution in [2.75, 3.05) is 20.3 Å². The van der Waals surface area contributed by atoms with Crippen LogP contribution in [0.2, 0.25) is 0 Å². The lowest BCUT2D eigenvalue weighted by Crippen LogP contribution is -2.36. The number of nitrogens with zero attached hydrogens (tertiary/aromatic N) is 2. The van der Waals surface area contributed by atoms with Crippen molar-refractivity contribution in [3.05, 3.63) is 46.7 Å². The molecule has 1 aromatic carbocycles. The molecule has 166 valence electrons. The van der Waals surface area contributed by atoms with Gasteiger partial charge in [-0.15, -0.1) is 0 Å². The van der Waals surface area contributed by atoms with Crippen LogP contribution in [0.5, 0.6) is 0 Å². The van der Waals surface area contributed by atoms with Gasteiger partial charge in [-0.2, -0.15) is 0 Å². The number of carbonyl (C=O) groups excluding carboxylic acids is 2. The highest BCUT2D eigenvalue weighted by molar-refractivity contribution is 7.78. The second-order valence-electron chi connectivity index (χ2n) is 7.67. The van der Waals surface area contributed by atoms with E-state index in [-0.39, 0.29) is 0 Å². The van der Waals surface area contributed by atoms with Gasteiger partial charge in [-0.1, -0.05) is 36.2 Å². The Kier molecular flexibility index (Phi) is 9.76. The van der Waals surface area contributed by atoms with Crippen LogP contribution in [-0.2, 0) is 19.1 Å². The van der Waals surface area contributed by atoms with E-state index in [0.29, 0.717) is 30.1 Å². The topological polar surface area (TPSA) is 77.3 Å². The molecule has 0 aromatic heterocycles. The molecule has 0 radical (unpaired) electrons. The first-order valence-corrected chi connectivity index (χ1v) is 10.9. The Labute approximate surface area is 189 Å². The van der Waals surface area contributed by atoms with Gasteiger partial charge < -0.3 is 9.47 Å². The number of hydrogen-bond donors (Lipinski definition) is 0. The van der Waals surface area contributed by atoms with Crippen LogP contribution >= 0.6 is 12.2 Å². The molecule has 7 heteroatoms. The Morgan fingerprint density at radius 2 is 1.90 bits per heavy atom. The molecule has 6 nitrogen and oxygen atoms in total. The fourth-order valence-electron chi connectivity index (χ4n) is 3.89. The van der Waals surface area contributed by atoms with Gasteiger partial charge in [0, 0.05) is 23.9 Å². The molecule has 0 saturated heterocycles. The fraction of sp³-hybridized carbons (Fsp3) is 0.500.